The second-order valence-electron chi connectivity index (χ2n) is 7.16. The van der Waals surface area contributed by atoms with Crippen LogP contribution in [0.2, 0.25) is 0 Å². The second kappa shape index (κ2) is 7.80. The molecule has 7 nitrogen and oxygen atoms in total. The summed E-state index contributed by atoms with van der Waals surface area (Å²) >= 11 is 0. The van der Waals surface area contributed by atoms with Gasteiger partial charge in [0, 0.05) is 25.1 Å². The Bertz CT molecular complexity index is 847. The van der Waals surface area contributed by atoms with Gasteiger partial charge < -0.3 is 15.2 Å². The highest BCUT2D eigenvalue weighted by Gasteiger charge is 2.27. The van der Waals surface area contributed by atoms with Gasteiger partial charge in [-0.15, -0.1) is 12.4 Å². The maximum Gasteiger partial charge on any atom is 0.259 e. The summed E-state index contributed by atoms with van der Waals surface area (Å²) in [6.45, 7) is 5.31. The predicted molar refractivity (Wildman–Crippen MR) is 102 cm³/mol. The number of carbonyl (C=O) groups excluding carboxylic acids is 1. The van der Waals surface area contributed by atoms with Crippen molar-refractivity contribution in [2.45, 2.75) is 44.9 Å². The fourth-order valence-electron chi connectivity index (χ4n) is 4.10. The van der Waals surface area contributed by atoms with Crippen molar-refractivity contribution in [2.24, 2.45) is 0 Å². The Labute approximate surface area is 158 Å². The first-order valence-electron chi connectivity index (χ1n) is 9.27. The van der Waals surface area contributed by atoms with E-state index >= 15 is 0 Å². The van der Waals surface area contributed by atoms with Crippen LogP contribution in [0.1, 0.15) is 59.8 Å². The van der Waals surface area contributed by atoms with Crippen molar-refractivity contribution < 1.29 is 4.79 Å². The maximum atomic E-state index is 13.0. The number of hydrogen-bond acceptors (Lipinski definition) is 4. The Morgan fingerprint density at radius 2 is 1.88 bits per heavy atom. The Hall–Kier alpha value is -1.86. The van der Waals surface area contributed by atoms with Crippen LogP contribution in [-0.4, -0.2) is 51.6 Å². The number of aromatic amines is 1. The van der Waals surface area contributed by atoms with Gasteiger partial charge in [-0.1, -0.05) is 0 Å². The first kappa shape index (κ1) is 18.9. The van der Waals surface area contributed by atoms with E-state index in [9.17, 15) is 9.59 Å². The summed E-state index contributed by atoms with van der Waals surface area (Å²) in [6.07, 6.45) is 5.22. The number of carbonyl (C=O) groups is 1. The van der Waals surface area contributed by atoms with E-state index in [0.29, 0.717) is 22.8 Å². The summed E-state index contributed by atoms with van der Waals surface area (Å²) in [6, 6.07) is 1.64. The molecule has 4 heterocycles. The average molecular weight is 380 g/mol. The monoisotopic (exact) mass is 379 g/mol. The van der Waals surface area contributed by atoms with Crippen LogP contribution < -0.4 is 10.9 Å². The standard InChI is InChI=1S/C18H25N5O2.ClH/c1-12-16(18(25)22-9-3-2-4-10-22)17-20-15(24)11-14(23(17)21-12)13-5-7-19-8-6-13;/h11,13,19H,2-10H2,1H3,(H,20,24);1H. The van der Waals surface area contributed by atoms with Crippen molar-refractivity contribution in [3.05, 3.63) is 33.4 Å². The van der Waals surface area contributed by atoms with E-state index in [4.69, 9.17) is 0 Å². The van der Waals surface area contributed by atoms with Crippen LogP contribution in [0.5, 0.6) is 0 Å². The van der Waals surface area contributed by atoms with Crippen LogP contribution in [0, 0.1) is 6.92 Å². The summed E-state index contributed by atoms with van der Waals surface area (Å²) in [5.41, 5.74) is 2.55. The molecule has 4 rings (SSSR count). The third-order valence-electron chi connectivity index (χ3n) is 5.44. The average Bonchev–Trinajstić information content (AvgIpc) is 2.97. The lowest BCUT2D eigenvalue weighted by Gasteiger charge is -2.26. The first-order valence-corrected chi connectivity index (χ1v) is 9.27. The molecule has 142 valence electrons. The molecule has 0 radical (unpaired) electrons. The van der Waals surface area contributed by atoms with E-state index in [-0.39, 0.29) is 23.9 Å². The number of rotatable bonds is 2. The van der Waals surface area contributed by atoms with Crippen molar-refractivity contribution in [1.82, 2.24) is 24.8 Å². The number of likely N-dealkylation sites (tertiary alicyclic amines) is 1. The highest BCUT2D eigenvalue weighted by Crippen LogP contribution is 2.26. The highest BCUT2D eigenvalue weighted by molar-refractivity contribution is 6.01. The summed E-state index contributed by atoms with van der Waals surface area (Å²) in [5.74, 6) is 0.286. The normalized spacial score (nSPS) is 18.7. The number of nitrogens with one attached hydrogen (secondary N) is 2. The number of aromatic nitrogens is 3. The first-order chi connectivity index (χ1) is 12.1. The molecule has 0 saturated carbocycles. The van der Waals surface area contributed by atoms with Gasteiger partial charge >= 0.3 is 0 Å². The zero-order valence-electron chi connectivity index (χ0n) is 15.1. The number of aryl methyl sites for hydroxylation is 1. The largest absolute Gasteiger partial charge is 0.338 e. The molecule has 8 heteroatoms. The third-order valence-corrected chi connectivity index (χ3v) is 5.44. The number of H-pyrrole nitrogens is 1. The molecule has 0 aliphatic carbocycles. The van der Waals surface area contributed by atoms with Gasteiger partial charge in [0.25, 0.3) is 11.5 Å². The number of amides is 1. The van der Waals surface area contributed by atoms with Crippen molar-refractivity contribution in [2.75, 3.05) is 26.2 Å². The lowest BCUT2D eigenvalue weighted by Crippen LogP contribution is -2.36. The Morgan fingerprint density at radius 1 is 1.19 bits per heavy atom. The van der Waals surface area contributed by atoms with Crippen LogP contribution in [-0.2, 0) is 0 Å². The third kappa shape index (κ3) is 3.38. The van der Waals surface area contributed by atoms with Crippen molar-refractivity contribution in [3.63, 3.8) is 0 Å². The number of hydrogen-bond donors (Lipinski definition) is 2. The topological polar surface area (TPSA) is 82.5 Å². The molecule has 0 aromatic carbocycles. The smallest absolute Gasteiger partial charge is 0.259 e. The summed E-state index contributed by atoms with van der Waals surface area (Å²) in [4.78, 5) is 30.1. The number of fused-ring (bicyclic) bond motifs is 1. The summed E-state index contributed by atoms with van der Waals surface area (Å²) in [7, 11) is 0. The fraction of sp³-hybridized carbons (Fsp3) is 0.611. The molecule has 26 heavy (non-hydrogen) atoms. The molecule has 2 aliphatic heterocycles. The van der Waals surface area contributed by atoms with Gasteiger partial charge in [-0.05, 0) is 52.1 Å². The van der Waals surface area contributed by atoms with Gasteiger partial charge in [0.15, 0.2) is 0 Å². The van der Waals surface area contributed by atoms with E-state index in [2.05, 4.69) is 15.4 Å². The summed E-state index contributed by atoms with van der Waals surface area (Å²) in [5, 5.41) is 7.97. The van der Waals surface area contributed by atoms with E-state index in [0.717, 1.165) is 57.6 Å². The fourth-order valence-corrected chi connectivity index (χ4v) is 4.10. The van der Waals surface area contributed by atoms with Gasteiger partial charge in [-0.2, -0.15) is 5.10 Å². The minimum atomic E-state index is -0.159. The molecular formula is C18H26ClN5O2. The predicted octanol–water partition coefficient (Wildman–Crippen LogP) is 1.85. The van der Waals surface area contributed by atoms with Gasteiger partial charge in [0.2, 0.25) is 0 Å². The minimum Gasteiger partial charge on any atom is -0.338 e. The van der Waals surface area contributed by atoms with Crippen molar-refractivity contribution >= 4 is 24.0 Å². The molecule has 2 fully saturated rings. The van der Waals surface area contributed by atoms with Crippen LogP contribution in [0.3, 0.4) is 0 Å². The second-order valence-corrected chi connectivity index (χ2v) is 7.16. The van der Waals surface area contributed by atoms with Crippen LogP contribution in [0.4, 0.5) is 0 Å². The van der Waals surface area contributed by atoms with E-state index in [1.807, 2.05) is 11.8 Å². The van der Waals surface area contributed by atoms with Gasteiger partial charge in [-0.25, -0.2) is 4.52 Å². The molecule has 0 bridgehead atoms. The molecule has 2 aromatic heterocycles. The molecule has 0 unspecified atom stereocenters. The van der Waals surface area contributed by atoms with Crippen LogP contribution in [0.15, 0.2) is 10.9 Å². The maximum absolute atomic E-state index is 13.0. The lowest BCUT2D eigenvalue weighted by atomic mass is 9.94. The molecular weight excluding hydrogens is 354 g/mol. The Balaban J connectivity index is 0.00000196. The molecule has 1 amide bonds. The van der Waals surface area contributed by atoms with E-state index < -0.39 is 0 Å². The number of halogens is 1. The summed E-state index contributed by atoms with van der Waals surface area (Å²) < 4.78 is 1.80. The molecule has 2 aliphatic rings. The molecule has 0 spiro atoms. The number of piperidine rings is 2. The molecule has 0 atom stereocenters. The molecule has 2 aromatic rings. The zero-order chi connectivity index (χ0) is 17.4. The Kier molecular flexibility index (Phi) is 5.67. The lowest BCUT2D eigenvalue weighted by molar-refractivity contribution is 0.0725. The SMILES string of the molecule is Cc1nn2c(C3CCNCC3)cc(=O)[nH]c2c1C(=O)N1CCCCC1.Cl. The Morgan fingerprint density at radius 3 is 2.58 bits per heavy atom. The quantitative estimate of drug-likeness (QED) is 0.834. The van der Waals surface area contributed by atoms with Crippen molar-refractivity contribution in [1.29, 1.82) is 0 Å². The molecule has 2 N–H and O–H groups in total. The number of nitrogens with zero attached hydrogens (tertiary/aromatic N) is 3. The van der Waals surface area contributed by atoms with Crippen molar-refractivity contribution in [3.8, 4) is 0 Å². The van der Waals surface area contributed by atoms with E-state index in [1.54, 1.807) is 10.6 Å². The zero-order valence-corrected chi connectivity index (χ0v) is 15.9. The van der Waals surface area contributed by atoms with Gasteiger partial charge in [0.1, 0.15) is 11.2 Å². The minimum absolute atomic E-state index is 0. The molecule has 2 saturated heterocycles. The van der Waals surface area contributed by atoms with Gasteiger partial charge in [0.05, 0.1) is 11.4 Å². The van der Waals surface area contributed by atoms with Crippen LogP contribution in [0.25, 0.3) is 5.65 Å². The highest BCUT2D eigenvalue weighted by atomic mass is 35.5. The van der Waals surface area contributed by atoms with Gasteiger partial charge in [-0.3, -0.25) is 9.59 Å². The van der Waals surface area contributed by atoms with Crippen LogP contribution >= 0.6 is 12.4 Å². The van der Waals surface area contributed by atoms with E-state index in [1.165, 1.54) is 6.42 Å².